The van der Waals surface area contributed by atoms with Crippen LogP contribution in [-0.4, -0.2) is 51.6 Å². The van der Waals surface area contributed by atoms with E-state index in [0.29, 0.717) is 17.2 Å². The molecule has 5 heteroatoms. The monoisotopic (exact) mass is 292 g/mol. The van der Waals surface area contributed by atoms with E-state index in [9.17, 15) is 4.79 Å². The number of nitrogens with two attached hydrogens (primary N) is 1. The van der Waals surface area contributed by atoms with Gasteiger partial charge in [-0.25, -0.2) is 0 Å². The summed E-state index contributed by atoms with van der Waals surface area (Å²) in [6.45, 7) is 7.20. The molecule has 0 aliphatic carbocycles. The highest BCUT2D eigenvalue weighted by molar-refractivity contribution is 5.96. The van der Waals surface area contributed by atoms with Crippen molar-refractivity contribution in [2.24, 2.45) is 5.92 Å². The molecule has 118 valence electrons. The van der Waals surface area contributed by atoms with Gasteiger partial charge in [-0.15, -0.1) is 0 Å². The molecule has 0 unspecified atom stereocenters. The largest absolute Gasteiger partial charge is 0.397 e. The van der Waals surface area contributed by atoms with E-state index in [1.165, 1.54) is 0 Å². The van der Waals surface area contributed by atoms with Gasteiger partial charge in [0.15, 0.2) is 0 Å². The second-order valence-corrected chi connectivity index (χ2v) is 6.00. The van der Waals surface area contributed by atoms with Crippen LogP contribution in [0.4, 0.5) is 11.4 Å². The molecule has 21 heavy (non-hydrogen) atoms. The molecule has 3 N–H and O–H groups in total. The van der Waals surface area contributed by atoms with Crippen LogP contribution in [-0.2, 0) is 0 Å². The average molecular weight is 292 g/mol. The summed E-state index contributed by atoms with van der Waals surface area (Å²) >= 11 is 0. The minimum atomic E-state index is -0.114. The fourth-order valence-electron chi connectivity index (χ4n) is 2.20. The van der Waals surface area contributed by atoms with Gasteiger partial charge in [-0.05, 0) is 38.2 Å². The summed E-state index contributed by atoms with van der Waals surface area (Å²) in [7, 11) is 5.74. The van der Waals surface area contributed by atoms with E-state index in [-0.39, 0.29) is 5.91 Å². The molecule has 1 rings (SSSR count). The van der Waals surface area contributed by atoms with Crippen molar-refractivity contribution >= 4 is 17.3 Å². The van der Waals surface area contributed by atoms with Crippen molar-refractivity contribution in [2.45, 2.75) is 13.8 Å². The number of hydrogen-bond acceptors (Lipinski definition) is 4. The van der Waals surface area contributed by atoms with Crippen LogP contribution in [0.15, 0.2) is 18.2 Å². The smallest absolute Gasteiger partial charge is 0.251 e. The predicted octanol–water partition coefficient (Wildman–Crippen LogP) is 1.65. The third kappa shape index (κ3) is 5.27. The number of hydrogen-bond donors (Lipinski definition) is 2. The van der Waals surface area contributed by atoms with Crippen LogP contribution in [0, 0.1) is 5.92 Å². The lowest BCUT2D eigenvalue weighted by molar-refractivity contribution is 0.0963. The van der Waals surface area contributed by atoms with Gasteiger partial charge >= 0.3 is 0 Å². The molecule has 0 spiro atoms. The molecule has 0 saturated heterocycles. The summed E-state index contributed by atoms with van der Waals surface area (Å²) in [5, 5.41) is 2.61. The lowest BCUT2D eigenvalue weighted by Gasteiger charge is -2.29. The van der Waals surface area contributed by atoms with Crippen LogP contribution in [0.25, 0.3) is 0 Å². The number of nitrogens with zero attached hydrogens (tertiary/aromatic N) is 2. The maximum atomic E-state index is 11.7. The van der Waals surface area contributed by atoms with Gasteiger partial charge < -0.3 is 20.9 Å². The molecule has 0 saturated carbocycles. The van der Waals surface area contributed by atoms with E-state index >= 15 is 0 Å². The van der Waals surface area contributed by atoms with Crippen molar-refractivity contribution in [3.05, 3.63) is 23.8 Å². The molecule has 0 atom stereocenters. The molecule has 0 aromatic heterocycles. The lowest BCUT2D eigenvalue weighted by atomic mass is 10.1. The highest BCUT2D eigenvalue weighted by Crippen LogP contribution is 2.25. The van der Waals surface area contributed by atoms with Crippen LogP contribution in [0.3, 0.4) is 0 Å². The molecule has 0 fully saturated rings. The number of amides is 1. The highest BCUT2D eigenvalue weighted by atomic mass is 16.1. The molecular formula is C16H28N4O. The molecule has 0 bridgehead atoms. The summed E-state index contributed by atoms with van der Waals surface area (Å²) in [5.41, 5.74) is 8.40. The van der Waals surface area contributed by atoms with Crippen LogP contribution in [0.1, 0.15) is 24.2 Å². The number of rotatable bonds is 7. The van der Waals surface area contributed by atoms with E-state index in [1.807, 2.05) is 12.1 Å². The Kier molecular flexibility index (Phi) is 6.49. The first kappa shape index (κ1) is 17.3. The van der Waals surface area contributed by atoms with Crippen molar-refractivity contribution in [1.82, 2.24) is 10.2 Å². The van der Waals surface area contributed by atoms with Crippen LogP contribution < -0.4 is 16.0 Å². The Bertz CT molecular complexity index is 471. The van der Waals surface area contributed by atoms with Gasteiger partial charge in [0.05, 0.1) is 11.4 Å². The summed E-state index contributed by atoms with van der Waals surface area (Å²) < 4.78 is 0. The Morgan fingerprint density at radius 1 is 1.29 bits per heavy atom. The zero-order valence-electron chi connectivity index (χ0n) is 13.8. The first-order chi connectivity index (χ1) is 9.85. The first-order valence-corrected chi connectivity index (χ1v) is 7.36. The summed E-state index contributed by atoms with van der Waals surface area (Å²) in [6, 6.07) is 5.52. The van der Waals surface area contributed by atoms with E-state index in [4.69, 9.17) is 5.73 Å². The second-order valence-electron chi connectivity index (χ2n) is 6.00. The number of carbonyl (C=O) groups is 1. The third-order valence-corrected chi connectivity index (χ3v) is 3.26. The lowest BCUT2D eigenvalue weighted by Crippen LogP contribution is -2.35. The van der Waals surface area contributed by atoms with Crippen molar-refractivity contribution in [2.75, 3.05) is 51.4 Å². The van der Waals surface area contributed by atoms with Crippen LogP contribution in [0.2, 0.25) is 0 Å². The van der Waals surface area contributed by atoms with Gasteiger partial charge in [0, 0.05) is 32.2 Å². The minimum Gasteiger partial charge on any atom is -0.397 e. The second kappa shape index (κ2) is 7.88. The minimum absolute atomic E-state index is 0.114. The van der Waals surface area contributed by atoms with Gasteiger partial charge in [-0.2, -0.15) is 0 Å². The molecule has 0 radical (unpaired) electrons. The maximum Gasteiger partial charge on any atom is 0.251 e. The number of nitrogens with one attached hydrogen (secondary N) is 1. The van der Waals surface area contributed by atoms with Gasteiger partial charge in [0.1, 0.15) is 0 Å². The van der Waals surface area contributed by atoms with E-state index in [1.54, 1.807) is 13.1 Å². The fraction of sp³-hybridized carbons (Fsp3) is 0.562. The topological polar surface area (TPSA) is 61.6 Å². The van der Waals surface area contributed by atoms with Crippen molar-refractivity contribution in [1.29, 1.82) is 0 Å². The Morgan fingerprint density at radius 2 is 1.95 bits per heavy atom. The zero-order valence-corrected chi connectivity index (χ0v) is 13.8. The van der Waals surface area contributed by atoms with Crippen LogP contribution >= 0.6 is 0 Å². The molecular weight excluding hydrogens is 264 g/mol. The predicted molar refractivity (Wildman–Crippen MR) is 89.8 cm³/mol. The molecule has 0 aliphatic rings. The SMILES string of the molecule is CNC(=O)c1ccc(N(CCN(C)C)CC(C)C)c(N)c1. The number of anilines is 2. The Balaban J connectivity index is 2.98. The van der Waals surface area contributed by atoms with Crippen molar-refractivity contribution < 1.29 is 4.79 Å². The number of likely N-dealkylation sites (N-methyl/N-ethyl adjacent to an activating group) is 1. The summed E-state index contributed by atoms with van der Waals surface area (Å²) in [4.78, 5) is 16.1. The van der Waals surface area contributed by atoms with Crippen molar-refractivity contribution in [3.63, 3.8) is 0 Å². The van der Waals surface area contributed by atoms with E-state index < -0.39 is 0 Å². The molecule has 1 amide bonds. The number of nitrogen functional groups attached to an aromatic ring is 1. The fourth-order valence-corrected chi connectivity index (χ4v) is 2.20. The Labute approximate surface area is 128 Å². The van der Waals surface area contributed by atoms with Gasteiger partial charge in [0.2, 0.25) is 0 Å². The average Bonchev–Trinajstić information content (AvgIpc) is 2.42. The first-order valence-electron chi connectivity index (χ1n) is 7.36. The highest BCUT2D eigenvalue weighted by Gasteiger charge is 2.14. The van der Waals surface area contributed by atoms with Crippen LogP contribution in [0.5, 0.6) is 0 Å². The standard InChI is InChI=1S/C16H28N4O/c1-12(2)11-20(9-8-19(4)5)15-7-6-13(10-14(15)17)16(21)18-3/h6-7,10,12H,8-9,11,17H2,1-5H3,(H,18,21). The molecule has 1 aromatic carbocycles. The molecule has 1 aromatic rings. The molecule has 0 heterocycles. The van der Waals surface area contributed by atoms with Crippen molar-refractivity contribution in [3.8, 4) is 0 Å². The zero-order chi connectivity index (χ0) is 16.0. The van der Waals surface area contributed by atoms with Gasteiger partial charge in [-0.1, -0.05) is 13.8 Å². The number of carbonyl (C=O) groups excluding carboxylic acids is 1. The quantitative estimate of drug-likeness (QED) is 0.750. The molecule has 0 aliphatic heterocycles. The van der Waals surface area contributed by atoms with Gasteiger partial charge in [0.25, 0.3) is 5.91 Å². The van der Waals surface area contributed by atoms with E-state index in [2.05, 4.69) is 43.1 Å². The Morgan fingerprint density at radius 3 is 2.43 bits per heavy atom. The third-order valence-electron chi connectivity index (χ3n) is 3.26. The summed E-state index contributed by atoms with van der Waals surface area (Å²) in [6.07, 6.45) is 0. The van der Waals surface area contributed by atoms with Gasteiger partial charge in [-0.3, -0.25) is 4.79 Å². The number of benzene rings is 1. The normalized spacial score (nSPS) is 11.0. The van der Waals surface area contributed by atoms with E-state index in [0.717, 1.165) is 25.3 Å². The Hall–Kier alpha value is -1.75. The maximum absolute atomic E-state index is 11.7. The molecule has 5 nitrogen and oxygen atoms in total. The summed E-state index contributed by atoms with van der Waals surface area (Å²) in [5.74, 6) is 0.433.